The summed E-state index contributed by atoms with van der Waals surface area (Å²) in [5.74, 6) is 1.61. The Balaban J connectivity index is 1.94. The molecule has 0 bridgehead atoms. The zero-order valence-corrected chi connectivity index (χ0v) is 14.0. The number of hydrogen-bond donors (Lipinski definition) is 2. The van der Waals surface area contributed by atoms with Gasteiger partial charge in [-0.3, -0.25) is 0 Å². The number of anilines is 1. The van der Waals surface area contributed by atoms with Crippen LogP contribution in [0, 0.1) is 6.92 Å². The van der Waals surface area contributed by atoms with E-state index in [1.165, 1.54) is 10.4 Å². The molecule has 22 heavy (non-hydrogen) atoms. The van der Waals surface area contributed by atoms with E-state index in [-0.39, 0.29) is 5.28 Å². The summed E-state index contributed by atoms with van der Waals surface area (Å²) in [4.78, 5) is 10.0. The summed E-state index contributed by atoms with van der Waals surface area (Å²) in [5, 5.41) is 6.73. The van der Waals surface area contributed by atoms with Crippen LogP contribution in [0.4, 0.5) is 5.82 Å². The second-order valence-electron chi connectivity index (χ2n) is 4.96. The van der Waals surface area contributed by atoms with Crippen LogP contribution >= 0.6 is 22.9 Å². The normalized spacial score (nSPS) is 11.2. The van der Waals surface area contributed by atoms with Crippen molar-refractivity contribution in [2.75, 3.05) is 18.9 Å². The van der Waals surface area contributed by atoms with Crippen LogP contribution in [0.3, 0.4) is 0 Å². The summed E-state index contributed by atoms with van der Waals surface area (Å²) >= 11 is 7.80. The SMILES string of the molecule is CNCCc1sc2c(NCc3ccco3)nc(Cl)nc2c1C. The van der Waals surface area contributed by atoms with Crippen LogP contribution in [0.5, 0.6) is 0 Å². The van der Waals surface area contributed by atoms with Crippen LogP contribution in [0.15, 0.2) is 22.8 Å². The quantitative estimate of drug-likeness (QED) is 0.673. The minimum atomic E-state index is 0.260. The summed E-state index contributed by atoms with van der Waals surface area (Å²) < 4.78 is 6.38. The van der Waals surface area contributed by atoms with Gasteiger partial charge in [0.2, 0.25) is 5.28 Å². The maximum absolute atomic E-state index is 6.08. The van der Waals surface area contributed by atoms with Crippen LogP contribution in [-0.2, 0) is 13.0 Å². The van der Waals surface area contributed by atoms with E-state index in [2.05, 4.69) is 27.5 Å². The molecule has 116 valence electrons. The molecule has 5 nitrogen and oxygen atoms in total. The van der Waals surface area contributed by atoms with Gasteiger partial charge in [-0.1, -0.05) is 0 Å². The van der Waals surface area contributed by atoms with E-state index < -0.39 is 0 Å². The van der Waals surface area contributed by atoms with E-state index in [4.69, 9.17) is 16.0 Å². The highest BCUT2D eigenvalue weighted by Crippen LogP contribution is 2.35. The lowest BCUT2D eigenvalue weighted by Crippen LogP contribution is -2.09. The standard InChI is InChI=1S/C15H17ClN4OS/c1-9-11(5-6-17-2)22-13-12(9)19-15(16)20-14(13)18-8-10-4-3-7-21-10/h3-4,7,17H,5-6,8H2,1-2H3,(H,18,19,20). The van der Waals surface area contributed by atoms with Gasteiger partial charge in [0.25, 0.3) is 0 Å². The molecule has 0 amide bonds. The number of fused-ring (bicyclic) bond motifs is 1. The number of nitrogens with one attached hydrogen (secondary N) is 2. The topological polar surface area (TPSA) is 63.0 Å². The second-order valence-corrected chi connectivity index (χ2v) is 6.40. The Morgan fingerprint density at radius 3 is 2.95 bits per heavy atom. The first kappa shape index (κ1) is 15.3. The van der Waals surface area contributed by atoms with Crippen molar-refractivity contribution in [2.24, 2.45) is 0 Å². The fraction of sp³-hybridized carbons (Fsp3) is 0.333. The summed E-state index contributed by atoms with van der Waals surface area (Å²) in [6, 6.07) is 3.79. The predicted molar refractivity (Wildman–Crippen MR) is 90.8 cm³/mol. The first-order valence-electron chi connectivity index (χ1n) is 7.05. The number of halogens is 1. The molecule has 2 N–H and O–H groups in total. The van der Waals surface area contributed by atoms with Gasteiger partial charge in [0.15, 0.2) is 0 Å². The molecule has 0 radical (unpaired) electrons. The van der Waals surface area contributed by atoms with E-state index >= 15 is 0 Å². The Labute approximate surface area is 137 Å². The van der Waals surface area contributed by atoms with E-state index in [9.17, 15) is 0 Å². The lowest BCUT2D eigenvalue weighted by molar-refractivity contribution is 0.518. The third-order valence-corrected chi connectivity index (χ3v) is 4.97. The van der Waals surface area contributed by atoms with Gasteiger partial charge in [-0.05, 0) is 56.2 Å². The van der Waals surface area contributed by atoms with Gasteiger partial charge < -0.3 is 15.1 Å². The van der Waals surface area contributed by atoms with Crippen molar-refractivity contribution in [1.29, 1.82) is 0 Å². The van der Waals surface area contributed by atoms with Gasteiger partial charge in [-0.15, -0.1) is 11.3 Å². The third-order valence-electron chi connectivity index (χ3n) is 3.45. The molecule has 0 spiro atoms. The molecule has 3 aromatic heterocycles. The van der Waals surface area contributed by atoms with Crippen molar-refractivity contribution < 1.29 is 4.42 Å². The summed E-state index contributed by atoms with van der Waals surface area (Å²) in [7, 11) is 1.95. The van der Waals surface area contributed by atoms with Crippen molar-refractivity contribution in [2.45, 2.75) is 19.9 Å². The first-order valence-corrected chi connectivity index (χ1v) is 8.25. The number of hydrogen-bond acceptors (Lipinski definition) is 6. The number of furan rings is 1. The second kappa shape index (κ2) is 6.64. The van der Waals surface area contributed by atoms with Crippen LogP contribution in [0.25, 0.3) is 10.2 Å². The van der Waals surface area contributed by atoms with E-state index in [0.29, 0.717) is 6.54 Å². The average molecular weight is 337 g/mol. The van der Waals surface area contributed by atoms with Crippen molar-refractivity contribution in [3.8, 4) is 0 Å². The monoisotopic (exact) mass is 336 g/mol. The Bertz CT molecular complexity index is 770. The number of thiophene rings is 1. The molecule has 3 rings (SSSR count). The van der Waals surface area contributed by atoms with Gasteiger partial charge in [0.1, 0.15) is 11.6 Å². The van der Waals surface area contributed by atoms with Crippen LogP contribution in [-0.4, -0.2) is 23.6 Å². The van der Waals surface area contributed by atoms with Crippen LogP contribution in [0.1, 0.15) is 16.2 Å². The highest BCUT2D eigenvalue weighted by molar-refractivity contribution is 7.19. The largest absolute Gasteiger partial charge is 0.467 e. The van der Waals surface area contributed by atoms with Gasteiger partial charge in [0, 0.05) is 4.88 Å². The van der Waals surface area contributed by atoms with Crippen molar-refractivity contribution >= 4 is 39.0 Å². The molecule has 7 heteroatoms. The van der Waals surface area contributed by atoms with Crippen LogP contribution in [0.2, 0.25) is 5.28 Å². The molecule has 0 atom stereocenters. The number of likely N-dealkylation sites (N-methyl/N-ethyl adjacent to an activating group) is 1. The highest BCUT2D eigenvalue weighted by Gasteiger charge is 2.15. The number of aryl methyl sites for hydroxylation is 1. The molecule has 3 heterocycles. The maximum atomic E-state index is 6.08. The predicted octanol–water partition coefficient (Wildman–Crippen LogP) is 3.62. The molecule has 0 aliphatic rings. The molecule has 3 aromatic rings. The van der Waals surface area contributed by atoms with Gasteiger partial charge in [-0.2, -0.15) is 4.98 Å². The molecule has 0 aliphatic heterocycles. The third kappa shape index (κ3) is 3.09. The Morgan fingerprint density at radius 2 is 2.23 bits per heavy atom. The molecule has 0 aliphatic carbocycles. The first-order chi connectivity index (χ1) is 10.7. The maximum Gasteiger partial charge on any atom is 0.224 e. The lowest BCUT2D eigenvalue weighted by Gasteiger charge is -2.05. The minimum Gasteiger partial charge on any atom is -0.467 e. The lowest BCUT2D eigenvalue weighted by atomic mass is 10.2. The Hall–Kier alpha value is -1.63. The van der Waals surface area contributed by atoms with Crippen molar-refractivity contribution in [1.82, 2.24) is 15.3 Å². The molecule has 0 saturated carbocycles. The van der Waals surface area contributed by atoms with Gasteiger partial charge in [0.05, 0.1) is 23.0 Å². The molecular weight excluding hydrogens is 320 g/mol. The molecule has 0 unspecified atom stereocenters. The summed E-state index contributed by atoms with van der Waals surface area (Å²) in [6.07, 6.45) is 2.63. The molecule has 0 fully saturated rings. The summed E-state index contributed by atoms with van der Waals surface area (Å²) in [5.41, 5.74) is 2.11. The minimum absolute atomic E-state index is 0.260. The highest BCUT2D eigenvalue weighted by atomic mass is 35.5. The Kier molecular flexibility index (Phi) is 4.61. The van der Waals surface area contributed by atoms with Gasteiger partial charge in [-0.25, -0.2) is 4.98 Å². The zero-order chi connectivity index (χ0) is 15.5. The van der Waals surface area contributed by atoms with E-state index in [1.807, 2.05) is 19.2 Å². The number of rotatable bonds is 6. The molecular formula is C15H17ClN4OS. The zero-order valence-electron chi connectivity index (χ0n) is 12.4. The van der Waals surface area contributed by atoms with E-state index in [0.717, 1.165) is 34.8 Å². The van der Waals surface area contributed by atoms with Crippen molar-refractivity contribution in [3.05, 3.63) is 39.9 Å². The number of nitrogens with zero attached hydrogens (tertiary/aromatic N) is 2. The van der Waals surface area contributed by atoms with E-state index in [1.54, 1.807) is 17.6 Å². The Morgan fingerprint density at radius 1 is 1.36 bits per heavy atom. The fourth-order valence-corrected chi connectivity index (χ4v) is 3.67. The van der Waals surface area contributed by atoms with Crippen molar-refractivity contribution in [3.63, 3.8) is 0 Å². The average Bonchev–Trinajstić information content (AvgIpc) is 3.12. The molecule has 0 saturated heterocycles. The number of aromatic nitrogens is 2. The molecule has 0 aromatic carbocycles. The fourth-order valence-electron chi connectivity index (χ4n) is 2.29. The smallest absolute Gasteiger partial charge is 0.224 e. The van der Waals surface area contributed by atoms with Gasteiger partial charge >= 0.3 is 0 Å². The van der Waals surface area contributed by atoms with Crippen LogP contribution < -0.4 is 10.6 Å². The summed E-state index contributed by atoms with van der Waals surface area (Å²) in [6.45, 7) is 3.59.